The largest absolute Gasteiger partial charge is 0.310 e. The van der Waals surface area contributed by atoms with Gasteiger partial charge in [-0.05, 0) is 30.7 Å². The van der Waals surface area contributed by atoms with Crippen LogP contribution in [-0.4, -0.2) is 28.1 Å². The minimum Gasteiger partial charge on any atom is -0.310 e. The molecule has 0 unspecified atom stereocenters. The zero-order chi connectivity index (χ0) is 21.0. The predicted octanol–water partition coefficient (Wildman–Crippen LogP) is 3.44. The summed E-state index contributed by atoms with van der Waals surface area (Å²) in [5, 5.41) is 7.87. The quantitative estimate of drug-likeness (QED) is 0.651. The lowest BCUT2D eigenvalue weighted by Crippen LogP contribution is -2.46. The van der Waals surface area contributed by atoms with Gasteiger partial charge < -0.3 is 5.32 Å². The first-order valence-electron chi connectivity index (χ1n) is 9.48. The summed E-state index contributed by atoms with van der Waals surface area (Å²) in [5.74, 6) is 2.47. The number of terminal acetylenes is 1. The second-order valence-corrected chi connectivity index (χ2v) is 7.87. The smallest absolute Gasteiger partial charge is 0.243 e. The van der Waals surface area contributed by atoms with Crippen LogP contribution in [0.2, 0.25) is 5.02 Å². The average molecular weight is 417 g/mol. The van der Waals surface area contributed by atoms with Crippen molar-refractivity contribution < 1.29 is 9.59 Å². The number of para-hydroxylation sites is 1. The molecule has 5 rings (SSSR count). The highest BCUT2D eigenvalue weighted by atomic mass is 35.5. The molecule has 7 heteroatoms. The summed E-state index contributed by atoms with van der Waals surface area (Å²) in [7, 11) is 0. The van der Waals surface area contributed by atoms with E-state index in [0.29, 0.717) is 27.7 Å². The Labute approximate surface area is 178 Å². The zero-order valence-corrected chi connectivity index (χ0v) is 16.9. The standard InChI is InChI=1S/C23H17ClN4O2/c1-3-11-27-18-10-6-8-16(24)20(18)23(22(27)30)12-19(29)26-21-15(23)13-25-28(21)17-9-5-4-7-14(17)2/h1,4-10,13H,11-12H2,2H3,(H,26,29)/t23-/m0/s1. The molecule has 2 aliphatic rings. The van der Waals surface area contributed by atoms with Gasteiger partial charge in [-0.2, -0.15) is 5.10 Å². The van der Waals surface area contributed by atoms with E-state index in [2.05, 4.69) is 16.3 Å². The van der Waals surface area contributed by atoms with Gasteiger partial charge in [0.1, 0.15) is 11.2 Å². The molecule has 6 nitrogen and oxygen atoms in total. The molecule has 0 saturated heterocycles. The number of fused-ring (bicyclic) bond motifs is 4. The van der Waals surface area contributed by atoms with Crippen LogP contribution in [0, 0.1) is 19.3 Å². The fourth-order valence-electron chi connectivity index (χ4n) is 4.55. The molecule has 30 heavy (non-hydrogen) atoms. The molecular weight excluding hydrogens is 400 g/mol. The van der Waals surface area contributed by atoms with Crippen LogP contribution in [0.15, 0.2) is 48.7 Å². The van der Waals surface area contributed by atoms with Gasteiger partial charge in [-0.15, -0.1) is 6.42 Å². The molecule has 2 aliphatic heterocycles. The van der Waals surface area contributed by atoms with Crippen LogP contribution < -0.4 is 10.2 Å². The maximum Gasteiger partial charge on any atom is 0.243 e. The van der Waals surface area contributed by atoms with Crippen molar-refractivity contribution in [3.63, 3.8) is 0 Å². The van der Waals surface area contributed by atoms with E-state index in [1.807, 2.05) is 37.3 Å². The number of rotatable bonds is 2. The average Bonchev–Trinajstić information content (AvgIpc) is 3.23. The molecule has 3 heterocycles. The minimum atomic E-state index is -1.26. The third kappa shape index (κ3) is 2.30. The first kappa shape index (κ1) is 18.5. The number of nitrogens with one attached hydrogen (secondary N) is 1. The number of halogens is 1. The third-order valence-electron chi connectivity index (χ3n) is 5.83. The highest BCUT2D eigenvalue weighted by Gasteiger charge is 2.58. The highest BCUT2D eigenvalue weighted by Crippen LogP contribution is 2.54. The summed E-state index contributed by atoms with van der Waals surface area (Å²) in [6.45, 7) is 2.06. The van der Waals surface area contributed by atoms with E-state index < -0.39 is 5.41 Å². The Morgan fingerprint density at radius 3 is 2.73 bits per heavy atom. The third-order valence-corrected chi connectivity index (χ3v) is 6.14. The lowest BCUT2D eigenvalue weighted by molar-refractivity contribution is -0.126. The van der Waals surface area contributed by atoms with E-state index in [0.717, 1.165) is 11.3 Å². The number of benzene rings is 2. The fourth-order valence-corrected chi connectivity index (χ4v) is 4.88. The molecule has 148 valence electrons. The molecule has 0 aliphatic carbocycles. The van der Waals surface area contributed by atoms with Crippen LogP contribution >= 0.6 is 11.6 Å². The molecular formula is C23H17ClN4O2. The van der Waals surface area contributed by atoms with Crippen molar-refractivity contribution in [1.82, 2.24) is 9.78 Å². The van der Waals surface area contributed by atoms with Crippen LogP contribution in [0.25, 0.3) is 5.69 Å². The van der Waals surface area contributed by atoms with Gasteiger partial charge in [0.15, 0.2) is 0 Å². The summed E-state index contributed by atoms with van der Waals surface area (Å²) in [5.41, 5.74) is 2.40. The predicted molar refractivity (Wildman–Crippen MR) is 115 cm³/mol. The molecule has 1 aromatic heterocycles. The highest BCUT2D eigenvalue weighted by molar-refractivity contribution is 6.34. The SMILES string of the molecule is C#CCN1C(=O)[C@]2(CC(=O)Nc3c2cnn3-c2ccccc2C)c2c(Cl)cccc21. The topological polar surface area (TPSA) is 67.2 Å². The molecule has 3 aromatic rings. The van der Waals surface area contributed by atoms with Gasteiger partial charge >= 0.3 is 0 Å². The molecule has 1 atom stereocenters. The number of nitrogens with zero attached hydrogens (tertiary/aromatic N) is 3. The summed E-state index contributed by atoms with van der Waals surface area (Å²) < 4.78 is 1.66. The number of carbonyl (C=O) groups excluding carboxylic acids is 2. The summed E-state index contributed by atoms with van der Waals surface area (Å²) in [6, 6.07) is 13.0. The van der Waals surface area contributed by atoms with Gasteiger partial charge in [-0.3, -0.25) is 14.5 Å². The summed E-state index contributed by atoms with van der Waals surface area (Å²) >= 11 is 6.60. The first-order valence-corrected chi connectivity index (χ1v) is 9.85. The summed E-state index contributed by atoms with van der Waals surface area (Å²) in [6.07, 6.45) is 7.11. The van der Waals surface area contributed by atoms with Crippen molar-refractivity contribution in [1.29, 1.82) is 0 Å². The Balaban J connectivity index is 1.81. The van der Waals surface area contributed by atoms with Gasteiger partial charge in [0, 0.05) is 22.6 Å². The minimum absolute atomic E-state index is 0.0594. The number of hydrogen-bond acceptors (Lipinski definition) is 3. The van der Waals surface area contributed by atoms with Crippen molar-refractivity contribution in [3.8, 4) is 18.0 Å². The molecule has 0 fully saturated rings. The van der Waals surface area contributed by atoms with Crippen molar-refractivity contribution in [2.24, 2.45) is 0 Å². The van der Waals surface area contributed by atoms with E-state index in [-0.39, 0.29) is 24.8 Å². The molecule has 0 bridgehead atoms. The molecule has 0 saturated carbocycles. The lowest BCUT2D eigenvalue weighted by atomic mass is 9.71. The Morgan fingerprint density at radius 1 is 1.20 bits per heavy atom. The number of amides is 2. The zero-order valence-electron chi connectivity index (χ0n) is 16.1. The normalized spacial score (nSPS) is 19.4. The van der Waals surface area contributed by atoms with E-state index in [4.69, 9.17) is 18.0 Å². The van der Waals surface area contributed by atoms with Crippen LogP contribution in [0.5, 0.6) is 0 Å². The molecule has 1 N–H and O–H groups in total. The monoisotopic (exact) mass is 416 g/mol. The van der Waals surface area contributed by atoms with Gasteiger partial charge in [-0.1, -0.05) is 41.8 Å². The summed E-state index contributed by atoms with van der Waals surface area (Å²) in [4.78, 5) is 28.2. The Hall–Kier alpha value is -3.56. The van der Waals surface area contributed by atoms with E-state index in [1.165, 1.54) is 4.90 Å². The fraction of sp³-hybridized carbons (Fsp3) is 0.174. The number of aromatic nitrogens is 2. The molecule has 0 radical (unpaired) electrons. The maximum atomic E-state index is 13.8. The Kier molecular flexibility index (Phi) is 3.99. The van der Waals surface area contributed by atoms with Crippen LogP contribution in [0.3, 0.4) is 0 Å². The first-order chi connectivity index (χ1) is 14.5. The number of carbonyl (C=O) groups is 2. The second-order valence-electron chi connectivity index (χ2n) is 7.46. The van der Waals surface area contributed by atoms with E-state index >= 15 is 0 Å². The van der Waals surface area contributed by atoms with Crippen molar-refractivity contribution in [2.75, 3.05) is 16.8 Å². The maximum absolute atomic E-state index is 13.8. The number of hydrogen-bond donors (Lipinski definition) is 1. The Morgan fingerprint density at radius 2 is 1.97 bits per heavy atom. The van der Waals surface area contributed by atoms with Gasteiger partial charge in [0.05, 0.1) is 24.1 Å². The number of aryl methyl sites for hydroxylation is 1. The molecule has 2 amide bonds. The van der Waals surface area contributed by atoms with Crippen LogP contribution in [0.1, 0.15) is 23.1 Å². The van der Waals surface area contributed by atoms with Gasteiger partial charge in [-0.25, -0.2) is 4.68 Å². The van der Waals surface area contributed by atoms with Gasteiger partial charge in [0.25, 0.3) is 0 Å². The number of anilines is 2. The lowest BCUT2D eigenvalue weighted by Gasteiger charge is -2.32. The molecule has 1 spiro atoms. The second kappa shape index (κ2) is 6.48. The van der Waals surface area contributed by atoms with E-state index in [9.17, 15) is 9.59 Å². The van der Waals surface area contributed by atoms with Gasteiger partial charge in [0.2, 0.25) is 11.8 Å². The van der Waals surface area contributed by atoms with Crippen molar-refractivity contribution in [3.05, 3.63) is 70.4 Å². The molecule has 2 aromatic carbocycles. The van der Waals surface area contributed by atoms with E-state index in [1.54, 1.807) is 23.0 Å². The van der Waals surface area contributed by atoms with Crippen molar-refractivity contribution in [2.45, 2.75) is 18.8 Å². The van der Waals surface area contributed by atoms with Crippen LogP contribution in [-0.2, 0) is 15.0 Å². The van der Waals surface area contributed by atoms with Crippen LogP contribution in [0.4, 0.5) is 11.5 Å². The Bertz CT molecular complexity index is 1270. The van der Waals surface area contributed by atoms with Crippen molar-refractivity contribution >= 4 is 34.9 Å².